The van der Waals surface area contributed by atoms with Gasteiger partial charge in [-0.05, 0) is 81.8 Å². The molecule has 4 fully saturated rings. The van der Waals surface area contributed by atoms with Crippen molar-refractivity contribution in [2.45, 2.75) is 93.2 Å². The fourth-order valence-corrected chi connectivity index (χ4v) is 9.70. The molecule has 0 spiro atoms. The monoisotopic (exact) mass is 718 g/mol. The van der Waals surface area contributed by atoms with Crippen LogP contribution < -0.4 is 15.4 Å². The number of rotatable bonds is 14. The zero-order valence-electron chi connectivity index (χ0n) is 27.7. The number of aliphatic hydroxyl groups excluding tert-OH is 1. The Morgan fingerprint density at radius 3 is 2.67 bits per heavy atom. The number of carbonyl (C=O) groups excluding carboxylic acids is 1. The molecule has 7 atom stereocenters. The van der Waals surface area contributed by atoms with Gasteiger partial charge in [-0.25, -0.2) is 22.6 Å². The van der Waals surface area contributed by atoms with Gasteiger partial charge in [0.15, 0.2) is 11.4 Å². The largest absolute Gasteiger partial charge is 0.497 e. The molecule has 0 radical (unpaired) electrons. The second kappa shape index (κ2) is 13.6. The maximum Gasteiger partial charge on any atom is 0.407 e. The van der Waals surface area contributed by atoms with Crippen molar-refractivity contribution in [3.63, 3.8) is 0 Å². The highest BCUT2D eigenvalue weighted by Crippen LogP contribution is 2.46. The Bertz CT molecular complexity index is 1760. The average molecular weight is 719 g/mol. The molecule has 15 heteroatoms. The number of aromatic nitrogens is 1. The van der Waals surface area contributed by atoms with Gasteiger partial charge in [0.05, 0.1) is 47.1 Å². The lowest BCUT2D eigenvalue weighted by Gasteiger charge is -2.37. The number of amides is 1. The Balaban J connectivity index is 1.12. The molecule has 3 aromatic rings. The summed E-state index contributed by atoms with van der Waals surface area (Å²) in [6.45, 7) is 2.00. The van der Waals surface area contributed by atoms with Gasteiger partial charge >= 0.3 is 6.09 Å². The van der Waals surface area contributed by atoms with E-state index in [1.807, 2.05) is 0 Å². The molecule has 1 amide bonds. The molecular weight excluding hydrogens is 676 g/mol. The topological polar surface area (TPSA) is 149 Å². The van der Waals surface area contributed by atoms with E-state index in [0.717, 1.165) is 40.7 Å². The number of thiazole rings is 1. The second-order valence-corrected chi connectivity index (χ2v) is 17.2. The van der Waals surface area contributed by atoms with Gasteiger partial charge in [-0.2, -0.15) is 4.31 Å². The third-order valence-electron chi connectivity index (χ3n) is 9.61. The van der Waals surface area contributed by atoms with Crippen LogP contribution in [0.2, 0.25) is 0 Å². The lowest BCUT2D eigenvalue weighted by atomic mass is 9.78. The van der Waals surface area contributed by atoms with E-state index in [0.29, 0.717) is 34.5 Å². The summed E-state index contributed by atoms with van der Waals surface area (Å²) in [5.74, 6) is 0.928. The lowest BCUT2D eigenvalue weighted by molar-refractivity contribution is -0.153. The van der Waals surface area contributed by atoms with Gasteiger partial charge in [0, 0.05) is 31.0 Å². The predicted octanol–water partition coefficient (Wildman–Crippen LogP) is 4.47. The van der Waals surface area contributed by atoms with Crippen molar-refractivity contribution >= 4 is 42.8 Å². The number of halogens is 1. The second-order valence-electron chi connectivity index (χ2n) is 14.2. The summed E-state index contributed by atoms with van der Waals surface area (Å²) < 4.78 is 68.1. The quantitative estimate of drug-likeness (QED) is 0.218. The first-order valence-corrected chi connectivity index (χ1v) is 19.0. The van der Waals surface area contributed by atoms with E-state index in [9.17, 15) is 18.3 Å². The van der Waals surface area contributed by atoms with Gasteiger partial charge in [0.25, 0.3) is 0 Å². The van der Waals surface area contributed by atoms with Crippen molar-refractivity contribution in [1.29, 1.82) is 0 Å². The highest BCUT2D eigenvalue weighted by atomic mass is 32.2. The number of aliphatic hydroxyl groups is 1. The maximum absolute atomic E-state index is 15.2. The molecule has 3 N–H and O–H groups in total. The Kier molecular flexibility index (Phi) is 9.52. The molecule has 2 saturated carbocycles. The number of alkyl halides is 1. The van der Waals surface area contributed by atoms with Crippen LogP contribution in [0.1, 0.15) is 45.1 Å². The summed E-state index contributed by atoms with van der Waals surface area (Å²) in [6.07, 6.45) is 0.629. The minimum Gasteiger partial charge on any atom is -0.497 e. The van der Waals surface area contributed by atoms with E-state index >= 15 is 4.39 Å². The summed E-state index contributed by atoms with van der Waals surface area (Å²) in [7, 11) is -2.75. The predicted molar refractivity (Wildman–Crippen MR) is 181 cm³/mol. The zero-order valence-corrected chi connectivity index (χ0v) is 29.3. The van der Waals surface area contributed by atoms with Crippen molar-refractivity contribution in [3.05, 3.63) is 48.0 Å². The number of methoxy groups -OCH3 is 1. The molecule has 12 nitrogen and oxygen atoms in total. The number of sulfonamides is 1. The molecule has 2 aromatic carbocycles. The van der Waals surface area contributed by atoms with Crippen LogP contribution in [0.15, 0.2) is 47.4 Å². The number of hydrogen-bond donors (Lipinski definition) is 3. The van der Waals surface area contributed by atoms with E-state index in [1.165, 1.54) is 37.3 Å². The number of fused-ring (bicyclic) bond motifs is 3. The van der Waals surface area contributed by atoms with E-state index < -0.39 is 53.1 Å². The smallest absolute Gasteiger partial charge is 0.407 e. The summed E-state index contributed by atoms with van der Waals surface area (Å²) in [5.41, 5.74) is -0.520. The Labute approximate surface area is 289 Å². The third kappa shape index (κ3) is 7.81. The molecular formula is C34H43FN4O8S2. The van der Waals surface area contributed by atoms with Crippen LogP contribution in [0.25, 0.3) is 10.2 Å². The van der Waals surface area contributed by atoms with Gasteiger partial charge in [-0.15, -0.1) is 0 Å². The van der Waals surface area contributed by atoms with Gasteiger partial charge in [0.1, 0.15) is 17.5 Å². The van der Waals surface area contributed by atoms with Crippen LogP contribution in [-0.4, -0.2) is 98.1 Å². The normalized spacial score (nSPS) is 26.1. The van der Waals surface area contributed by atoms with Crippen LogP contribution in [-0.2, 0) is 30.7 Å². The fourth-order valence-electron chi connectivity index (χ4n) is 7.01. The van der Waals surface area contributed by atoms with Crippen molar-refractivity contribution in [1.82, 2.24) is 14.6 Å². The molecule has 2 saturated heterocycles. The first-order chi connectivity index (χ1) is 23.3. The Hall–Kier alpha value is -3.08. The number of benzene rings is 2. The minimum absolute atomic E-state index is 0.00193. The molecule has 3 heterocycles. The number of anilines is 1. The summed E-state index contributed by atoms with van der Waals surface area (Å²) in [4.78, 5) is 18.0. The number of alkyl carbamates (subject to hydrolysis) is 1. The summed E-state index contributed by atoms with van der Waals surface area (Å²) >= 11 is 1.36. The first-order valence-electron chi connectivity index (χ1n) is 16.8. The van der Waals surface area contributed by atoms with Crippen molar-refractivity contribution in [3.8, 4) is 5.75 Å². The van der Waals surface area contributed by atoms with E-state index in [2.05, 4.69) is 15.6 Å². The standard InChI is InChI=1S/C34H43FN4O8S2/c1-34(2,35)18-39(49(42,43)24-10-11-25-29(15-24)48-32(37-25)36-22-6-7-22)16-27(40)26(12-19-4-8-23(44-3)9-5-19)38-33(41)47-30-21-13-20-14-28(30)46-31(20)45-17-21/h4-5,8-11,15,20-22,26-28,30-31,40H,6-7,12-14,16-18H2,1-3H3,(H,36,37)(H,38,41)/t20?,21?,26-,27+,28?,30?,31?/m0/s1. The molecule has 1 aromatic heterocycles. The summed E-state index contributed by atoms with van der Waals surface area (Å²) in [5, 5.41) is 18.5. The van der Waals surface area contributed by atoms with Crippen LogP contribution in [0.4, 0.5) is 14.3 Å². The van der Waals surface area contributed by atoms with Crippen molar-refractivity contribution < 1.29 is 41.7 Å². The number of nitrogens with zero attached hydrogens (tertiary/aromatic N) is 2. The fraction of sp³-hybridized carbons (Fsp3) is 0.588. The average Bonchev–Trinajstić information content (AvgIpc) is 3.69. The molecule has 7 rings (SSSR count). The highest BCUT2D eigenvalue weighted by molar-refractivity contribution is 7.89. The van der Waals surface area contributed by atoms with Crippen LogP contribution >= 0.6 is 11.3 Å². The van der Waals surface area contributed by atoms with Crippen molar-refractivity contribution in [2.75, 3.05) is 32.1 Å². The van der Waals surface area contributed by atoms with Crippen LogP contribution in [0.3, 0.4) is 0 Å². The van der Waals surface area contributed by atoms with Gasteiger partial charge in [-0.1, -0.05) is 23.5 Å². The third-order valence-corrected chi connectivity index (χ3v) is 12.4. The maximum atomic E-state index is 15.2. The van der Waals surface area contributed by atoms with Crippen LogP contribution in [0, 0.1) is 11.8 Å². The lowest BCUT2D eigenvalue weighted by Crippen LogP contribution is -2.53. The van der Waals surface area contributed by atoms with E-state index in [1.54, 1.807) is 37.4 Å². The van der Waals surface area contributed by atoms with Gasteiger partial charge in [-0.3, -0.25) is 0 Å². The van der Waals surface area contributed by atoms with E-state index in [4.69, 9.17) is 18.9 Å². The number of ether oxygens (including phenoxy) is 4. The number of hydrogen-bond acceptors (Lipinski definition) is 11. The first kappa shape index (κ1) is 34.4. The number of carbonyl (C=O) groups is 1. The summed E-state index contributed by atoms with van der Waals surface area (Å²) in [6, 6.07) is 11.1. The molecule has 266 valence electrons. The zero-order chi connectivity index (χ0) is 34.5. The molecule has 2 aliphatic carbocycles. The molecule has 4 aliphatic rings. The Morgan fingerprint density at radius 2 is 1.96 bits per heavy atom. The van der Waals surface area contributed by atoms with Crippen LogP contribution in [0.5, 0.6) is 5.75 Å². The Morgan fingerprint density at radius 1 is 1.18 bits per heavy atom. The SMILES string of the molecule is COc1ccc(C[C@H](NC(=O)OC2C3COC4OC2CC4C3)[C@H](O)CN(CC(C)(C)F)S(=O)(=O)c2ccc3nc(NC4CC4)sc3c2)cc1. The highest BCUT2D eigenvalue weighted by Gasteiger charge is 2.53. The van der Waals surface area contributed by atoms with E-state index in [-0.39, 0.29) is 29.6 Å². The molecule has 49 heavy (non-hydrogen) atoms. The van der Waals surface area contributed by atoms with Crippen molar-refractivity contribution in [2.24, 2.45) is 11.8 Å². The molecule has 3 bridgehead atoms. The molecule has 5 unspecified atom stereocenters. The minimum atomic E-state index is -4.30. The van der Waals surface area contributed by atoms with Gasteiger partial charge in [0.2, 0.25) is 10.0 Å². The molecule has 2 aliphatic heterocycles. The number of nitrogens with one attached hydrogen (secondary N) is 2. The van der Waals surface area contributed by atoms with Gasteiger partial charge < -0.3 is 34.7 Å².